The molecule has 15 heavy (non-hydrogen) atoms. The second-order valence-corrected chi connectivity index (χ2v) is 3.79. The van der Waals surface area contributed by atoms with Crippen molar-refractivity contribution in [3.63, 3.8) is 0 Å². The maximum Gasteiger partial charge on any atom is 0.243 e. The lowest BCUT2D eigenvalue weighted by Crippen LogP contribution is -2.53. The summed E-state index contributed by atoms with van der Waals surface area (Å²) >= 11 is 0. The van der Waals surface area contributed by atoms with Gasteiger partial charge in [-0.1, -0.05) is 6.92 Å². The molecule has 0 aromatic rings. The number of nitrogens with zero attached hydrogens (tertiary/aromatic N) is 2. The lowest BCUT2D eigenvalue weighted by Gasteiger charge is -2.31. The highest BCUT2D eigenvalue weighted by atomic mass is 16.2. The van der Waals surface area contributed by atoms with Gasteiger partial charge in [0.25, 0.3) is 0 Å². The fraction of sp³-hybridized carbons (Fsp3) is 0.700. The Morgan fingerprint density at radius 1 is 1.27 bits per heavy atom. The summed E-state index contributed by atoms with van der Waals surface area (Å²) in [6.45, 7) is 2.10. The smallest absolute Gasteiger partial charge is 0.243 e. The Balaban J connectivity index is 2.51. The molecule has 0 saturated carbocycles. The minimum atomic E-state index is -0.151. The minimum absolute atomic E-state index is 0.0169. The highest BCUT2D eigenvalue weighted by Crippen LogP contribution is 2.03. The third-order valence-electron chi connectivity index (χ3n) is 2.37. The van der Waals surface area contributed by atoms with Gasteiger partial charge in [-0.15, -0.1) is 0 Å². The molecule has 0 spiro atoms. The van der Waals surface area contributed by atoms with Crippen molar-refractivity contribution in [2.75, 3.05) is 26.7 Å². The predicted molar refractivity (Wildman–Crippen MR) is 54.1 cm³/mol. The van der Waals surface area contributed by atoms with Gasteiger partial charge < -0.3 is 9.80 Å². The number of piperazine rings is 1. The van der Waals surface area contributed by atoms with E-state index in [0.717, 1.165) is 6.42 Å². The van der Waals surface area contributed by atoms with Crippen molar-refractivity contribution >= 4 is 17.6 Å². The maximum atomic E-state index is 11.5. The van der Waals surface area contributed by atoms with E-state index in [9.17, 15) is 14.4 Å². The minimum Gasteiger partial charge on any atom is -0.335 e. The summed E-state index contributed by atoms with van der Waals surface area (Å²) in [5.74, 6) is -0.247. The highest BCUT2D eigenvalue weighted by molar-refractivity contribution is 5.95. The first kappa shape index (κ1) is 11.7. The van der Waals surface area contributed by atoms with E-state index in [1.54, 1.807) is 7.05 Å². The molecule has 0 N–H and O–H groups in total. The Morgan fingerprint density at radius 3 is 2.53 bits per heavy atom. The van der Waals surface area contributed by atoms with Gasteiger partial charge in [0.2, 0.25) is 11.8 Å². The largest absolute Gasteiger partial charge is 0.335 e. The molecule has 0 aliphatic carbocycles. The molecular formula is C10H16N2O3. The van der Waals surface area contributed by atoms with Gasteiger partial charge in [-0.2, -0.15) is 0 Å². The van der Waals surface area contributed by atoms with Crippen molar-refractivity contribution in [1.82, 2.24) is 9.80 Å². The number of carbonyl (C=O) groups excluding carboxylic acids is 3. The number of rotatable bonds is 4. The van der Waals surface area contributed by atoms with E-state index >= 15 is 0 Å². The second kappa shape index (κ2) is 4.91. The molecule has 2 amide bonds. The van der Waals surface area contributed by atoms with Crippen molar-refractivity contribution < 1.29 is 14.4 Å². The van der Waals surface area contributed by atoms with E-state index < -0.39 is 0 Å². The molecule has 5 heteroatoms. The Hall–Kier alpha value is -1.39. The normalized spacial score (nSPS) is 17.2. The molecular weight excluding hydrogens is 196 g/mol. The van der Waals surface area contributed by atoms with Gasteiger partial charge in [-0.05, 0) is 6.42 Å². The Labute approximate surface area is 89.0 Å². The first-order valence-electron chi connectivity index (χ1n) is 5.08. The van der Waals surface area contributed by atoms with Crippen LogP contribution >= 0.6 is 0 Å². The number of carbonyl (C=O) groups is 3. The maximum absolute atomic E-state index is 11.5. The number of amides is 2. The second-order valence-electron chi connectivity index (χ2n) is 3.79. The Bertz CT molecular complexity index is 288. The molecule has 0 aromatic heterocycles. The Morgan fingerprint density at radius 2 is 1.93 bits per heavy atom. The van der Waals surface area contributed by atoms with Crippen LogP contribution in [0.3, 0.4) is 0 Å². The van der Waals surface area contributed by atoms with Gasteiger partial charge in [0.1, 0.15) is 6.54 Å². The van der Waals surface area contributed by atoms with Crippen LogP contribution in [0, 0.1) is 0 Å². The van der Waals surface area contributed by atoms with Crippen LogP contribution in [0.15, 0.2) is 0 Å². The lowest BCUT2D eigenvalue weighted by atomic mass is 10.2. The van der Waals surface area contributed by atoms with Crippen LogP contribution in [-0.4, -0.2) is 54.1 Å². The molecule has 1 aliphatic heterocycles. The van der Waals surface area contributed by atoms with E-state index in [4.69, 9.17) is 0 Å². The van der Waals surface area contributed by atoms with Crippen molar-refractivity contribution in [3.05, 3.63) is 0 Å². The first-order valence-corrected chi connectivity index (χ1v) is 5.08. The van der Waals surface area contributed by atoms with E-state index in [1.165, 1.54) is 9.80 Å². The number of ketones is 1. The number of Topliss-reactive ketones (excluding diaryl/α,β-unsaturated/α-hetero) is 1. The van der Waals surface area contributed by atoms with Crippen molar-refractivity contribution in [2.24, 2.45) is 0 Å². The standard InChI is InChI=1S/C10H16N2O3/c1-3-4-8(13)5-12-7-9(14)11(2)6-10(12)15/h3-7H2,1-2H3. The highest BCUT2D eigenvalue weighted by Gasteiger charge is 2.28. The average Bonchev–Trinajstić information content (AvgIpc) is 2.14. The van der Waals surface area contributed by atoms with Gasteiger partial charge >= 0.3 is 0 Å². The van der Waals surface area contributed by atoms with Crippen molar-refractivity contribution in [2.45, 2.75) is 19.8 Å². The zero-order valence-corrected chi connectivity index (χ0v) is 9.15. The monoisotopic (exact) mass is 212 g/mol. The molecule has 1 saturated heterocycles. The zero-order chi connectivity index (χ0) is 11.4. The molecule has 1 rings (SSSR count). The fourth-order valence-corrected chi connectivity index (χ4v) is 1.48. The molecule has 84 valence electrons. The van der Waals surface area contributed by atoms with Crippen LogP contribution in [-0.2, 0) is 14.4 Å². The van der Waals surface area contributed by atoms with Gasteiger partial charge in [0, 0.05) is 13.5 Å². The topological polar surface area (TPSA) is 57.7 Å². The summed E-state index contributed by atoms with van der Waals surface area (Å²) in [7, 11) is 1.59. The summed E-state index contributed by atoms with van der Waals surface area (Å²) in [5.41, 5.74) is 0. The van der Waals surface area contributed by atoms with Crippen LogP contribution in [0.2, 0.25) is 0 Å². The summed E-state index contributed by atoms with van der Waals surface area (Å²) in [4.78, 5) is 36.8. The molecule has 0 bridgehead atoms. The third kappa shape index (κ3) is 3.04. The van der Waals surface area contributed by atoms with Gasteiger partial charge in [0.05, 0.1) is 13.1 Å². The molecule has 0 radical (unpaired) electrons. The molecule has 1 aliphatic rings. The van der Waals surface area contributed by atoms with Crippen molar-refractivity contribution in [3.8, 4) is 0 Å². The van der Waals surface area contributed by atoms with E-state index in [2.05, 4.69) is 0 Å². The molecule has 0 unspecified atom stereocenters. The van der Waals surface area contributed by atoms with Crippen LogP contribution in [0.5, 0.6) is 0 Å². The Kier molecular flexibility index (Phi) is 3.82. The summed E-state index contributed by atoms with van der Waals surface area (Å²) in [5, 5.41) is 0. The van der Waals surface area contributed by atoms with Crippen LogP contribution in [0.1, 0.15) is 19.8 Å². The summed E-state index contributed by atoms with van der Waals surface area (Å²) < 4.78 is 0. The predicted octanol–water partition coefficient (Wildman–Crippen LogP) is -0.344. The average molecular weight is 212 g/mol. The quantitative estimate of drug-likeness (QED) is 0.640. The fourth-order valence-electron chi connectivity index (χ4n) is 1.48. The third-order valence-corrected chi connectivity index (χ3v) is 2.37. The number of likely N-dealkylation sites (N-methyl/N-ethyl adjacent to an activating group) is 1. The molecule has 0 atom stereocenters. The molecule has 1 fully saturated rings. The first-order chi connectivity index (χ1) is 7.04. The summed E-state index contributed by atoms with van der Waals surface area (Å²) in [6.07, 6.45) is 1.24. The molecule has 0 aromatic carbocycles. The number of hydrogen-bond donors (Lipinski definition) is 0. The van der Waals surface area contributed by atoms with Gasteiger partial charge in [0.15, 0.2) is 5.78 Å². The molecule has 5 nitrogen and oxygen atoms in total. The lowest BCUT2D eigenvalue weighted by molar-refractivity contribution is -0.150. The van der Waals surface area contributed by atoms with Gasteiger partial charge in [-0.3, -0.25) is 14.4 Å². The SMILES string of the molecule is CCCC(=O)CN1CC(=O)N(C)CC1=O. The van der Waals surface area contributed by atoms with E-state index in [-0.39, 0.29) is 37.2 Å². The van der Waals surface area contributed by atoms with Crippen LogP contribution in [0.4, 0.5) is 0 Å². The van der Waals surface area contributed by atoms with Crippen LogP contribution < -0.4 is 0 Å². The zero-order valence-electron chi connectivity index (χ0n) is 9.15. The van der Waals surface area contributed by atoms with E-state index in [1.807, 2.05) is 6.92 Å². The molecule has 1 heterocycles. The summed E-state index contributed by atoms with van der Waals surface area (Å²) in [6, 6.07) is 0. The van der Waals surface area contributed by atoms with Crippen molar-refractivity contribution in [1.29, 1.82) is 0 Å². The van der Waals surface area contributed by atoms with Crippen LogP contribution in [0.25, 0.3) is 0 Å². The van der Waals surface area contributed by atoms with E-state index in [0.29, 0.717) is 6.42 Å². The number of hydrogen-bond acceptors (Lipinski definition) is 3. The van der Waals surface area contributed by atoms with Gasteiger partial charge in [-0.25, -0.2) is 0 Å².